The summed E-state index contributed by atoms with van der Waals surface area (Å²) in [4.78, 5) is 36.4. The zero-order valence-electron chi connectivity index (χ0n) is 13.1. The fourth-order valence-corrected chi connectivity index (χ4v) is 2.05. The normalized spacial score (nSPS) is 19.0. The van der Waals surface area contributed by atoms with E-state index in [9.17, 15) is 14.4 Å². The van der Waals surface area contributed by atoms with E-state index in [-0.39, 0.29) is 61.8 Å². The summed E-state index contributed by atoms with van der Waals surface area (Å²) in [6.45, 7) is 7.92. The van der Waals surface area contributed by atoms with Gasteiger partial charge in [-0.25, -0.2) is 5.43 Å². The maximum Gasteiger partial charge on any atom is 0.260 e. The van der Waals surface area contributed by atoms with Crippen molar-refractivity contribution in [2.24, 2.45) is 11.8 Å². The minimum absolute atomic E-state index is 0.108. The number of hydrogen-bond acceptors (Lipinski definition) is 5. The number of hydrazine groups is 1. The average Bonchev–Trinajstić information content (AvgIpc) is 2.68. The molecule has 1 aliphatic rings. The summed E-state index contributed by atoms with van der Waals surface area (Å²) < 4.78 is 5.18. The Kier molecular flexibility index (Phi) is 6.77. The van der Waals surface area contributed by atoms with Crippen molar-refractivity contribution in [2.45, 2.75) is 40.2 Å². The van der Waals surface area contributed by atoms with Crippen molar-refractivity contribution >= 4 is 17.7 Å². The second kappa shape index (κ2) is 8.09. The van der Waals surface area contributed by atoms with E-state index in [4.69, 9.17) is 4.74 Å². The van der Waals surface area contributed by atoms with Crippen molar-refractivity contribution in [3.8, 4) is 0 Å². The smallest absolute Gasteiger partial charge is 0.260 e. The van der Waals surface area contributed by atoms with Crippen LogP contribution in [0.15, 0.2) is 0 Å². The molecule has 1 unspecified atom stereocenters. The number of nitrogens with zero attached hydrogens (tertiary/aromatic N) is 1. The molecule has 7 heteroatoms. The van der Waals surface area contributed by atoms with Crippen LogP contribution in [0.2, 0.25) is 0 Å². The maximum absolute atomic E-state index is 12.0. The molecule has 0 aromatic carbocycles. The van der Waals surface area contributed by atoms with E-state index < -0.39 is 0 Å². The van der Waals surface area contributed by atoms with E-state index in [1.165, 1.54) is 4.90 Å². The Morgan fingerprint density at radius 1 is 1.33 bits per heavy atom. The van der Waals surface area contributed by atoms with Crippen LogP contribution in [0, 0.1) is 11.8 Å². The molecular weight excluding hydrogens is 274 g/mol. The first kappa shape index (κ1) is 17.6. The number of carbonyl (C=O) groups is 3. The second-order valence-corrected chi connectivity index (χ2v) is 5.84. The lowest BCUT2D eigenvalue weighted by Gasteiger charge is -2.16. The fourth-order valence-electron chi connectivity index (χ4n) is 2.05. The Labute approximate surface area is 125 Å². The SMILES string of the molecule is CC(C)NNC(=O)COCCN1C(=O)CC(C(C)C)C1=O. The molecule has 21 heavy (non-hydrogen) atoms. The highest BCUT2D eigenvalue weighted by atomic mass is 16.5. The number of likely N-dealkylation sites (tertiary alicyclic amines) is 1. The lowest BCUT2D eigenvalue weighted by molar-refractivity contribution is -0.140. The third-order valence-corrected chi connectivity index (χ3v) is 3.28. The topological polar surface area (TPSA) is 87.7 Å². The van der Waals surface area contributed by atoms with Crippen LogP contribution in [0.5, 0.6) is 0 Å². The molecular formula is C14H25N3O4. The Hall–Kier alpha value is -1.47. The standard InChI is InChI=1S/C14H25N3O4/c1-9(2)11-7-13(19)17(14(11)20)5-6-21-8-12(18)16-15-10(3)4/h9-11,15H,5-8H2,1-4H3,(H,16,18). The number of amides is 3. The Balaban J connectivity index is 2.25. The van der Waals surface area contributed by atoms with Gasteiger partial charge in [0.1, 0.15) is 6.61 Å². The highest BCUT2D eigenvalue weighted by Gasteiger charge is 2.39. The molecule has 1 heterocycles. The van der Waals surface area contributed by atoms with Gasteiger partial charge in [0.15, 0.2) is 0 Å². The summed E-state index contributed by atoms with van der Waals surface area (Å²) >= 11 is 0. The van der Waals surface area contributed by atoms with E-state index in [0.29, 0.717) is 0 Å². The first-order chi connectivity index (χ1) is 9.82. The number of rotatable bonds is 8. The van der Waals surface area contributed by atoms with Crippen LogP contribution in [-0.2, 0) is 19.1 Å². The third kappa shape index (κ3) is 5.43. The molecule has 0 aromatic heterocycles. The minimum Gasteiger partial charge on any atom is -0.370 e. The lowest BCUT2D eigenvalue weighted by Crippen LogP contribution is -2.43. The first-order valence-electron chi connectivity index (χ1n) is 7.29. The summed E-state index contributed by atoms with van der Waals surface area (Å²) in [7, 11) is 0. The van der Waals surface area contributed by atoms with Gasteiger partial charge in [-0.3, -0.25) is 24.7 Å². The van der Waals surface area contributed by atoms with Crippen molar-refractivity contribution in [1.29, 1.82) is 0 Å². The van der Waals surface area contributed by atoms with Gasteiger partial charge in [0, 0.05) is 18.4 Å². The highest BCUT2D eigenvalue weighted by Crippen LogP contribution is 2.25. The van der Waals surface area contributed by atoms with Crippen molar-refractivity contribution in [3.63, 3.8) is 0 Å². The van der Waals surface area contributed by atoms with Gasteiger partial charge in [0.25, 0.3) is 5.91 Å². The molecule has 2 N–H and O–H groups in total. The van der Waals surface area contributed by atoms with Crippen LogP contribution in [0.1, 0.15) is 34.1 Å². The molecule has 0 bridgehead atoms. The lowest BCUT2D eigenvalue weighted by atomic mass is 9.94. The fraction of sp³-hybridized carbons (Fsp3) is 0.786. The second-order valence-electron chi connectivity index (χ2n) is 5.84. The zero-order chi connectivity index (χ0) is 16.0. The summed E-state index contributed by atoms with van der Waals surface area (Å²) in [6, 6.07) is 0.141. The van der Waals surface area contributed by atoms with Gasteiger partial charge in [-0.05, 0) is 19.8 Å². The molecule has 1 atom stereocenters. The number of ether oxygens (including phenoxy) is 1. The quantitative estimate of drug-likeness (QED) is 0.376. The molecule has 0 saturated carbocycles. The van der Waals surface area contributed by atoms with Crippen molar-refractivity contribution in [1.82, 2.24) is 15.8 Å². The first-order valence-corrected chi connectivity index (χ1v) is 7.29. The molecule has 0 radical (unpaired) electrons. The highest BCUT2D eigenvalue weighted by molar-refractivity contribution is 6.03. The van der Waals surface area contributed by atoms with E-state index in [0.717, 1.165) is 0 Å². The molecule has 0 aliphatic carbocycles. The summed E-state index contributed by atoms with van der Waals surface area (Å²) in [5.74, 6) is -0.656. The van der Waals surface area contributed by atoms with Crippen LogP contribution >= 0.6 is 0 Å². The van der Waals surface area contributed by atoms with Crippen LogP contribution < -0.4 is 10.9 Å². The van der Waals surface area contributed by atoms with Crippen molar-refractivity contribution in [3.05, 3.63) is 0 Å². The number of nitrogens with one attached hydrogen (secondary N) is 2. The van der Waals surface area contributed by atoms with E-state index in [2.05, 4.69) is 10.9 Å². The van der Waals surface area contributed by atoms with Gasteiger partial charge in [-0.1, -0.05) is 13.8 Å². The Morgan fingerprint density at radius 2 is 2.00 bits per heavy atom. The summed E-state index contributed by atoms with van der Waals surface area (Å²) in [5.41, 5.74) is 5.25. The van der Waals surface area contributed by atoms with Crippen molar-refractivity contribution < 1.29 is 19.1 Å². The average molecular weight is 299 g/mol. The van der Waals surface area contributed by atoms with Gasteiger partial charge >= 0.3 is 0 Å². The summed E-state index contributed by atoms with van der Waals surface area (Å²) in [6.07, 6.45) is 0.273. The van der Waals surface area contributed by atoms with Crippen LogP contribution in [0.4, 0.5) is 0 Å². The van der Waals surface area contributed by atoms with E-state index >= 15 is 0 Å². The van der Waals surface area contributed by atoms with Crippen LogP contribution in [-0.4, -0.2) is 48.4 Å². The summed E-state index contributed by atoms with van der Waals surface area (Å²) in [5, 5.41) is 0. The molecule has 7 nitrogen and oxygen atoms in total. The molecule has 0 spiro atoms. The molecule has 0 aromatic rings. The minimum atomic E-state index is -0.289. The molecule has 1 saturated heterocycles. The number of imide groups is 1. The van der Waals surface area contributed by atoms with Crippen LogP contribution in [0.3, 0.4) is 0 Å². The van der Waals surface area contributed by atoms with Gasteiger partial charge in [0.05, 0.1) is 13.2 Å². The monoisotopic (exact) mass is 299 g/mol. The van der Waals surface area contributed by atoms with Crippen molar-refractivity contribution in [2.75, 3.05) is 19.8 Å². The molecule has 1 fully saturated rings. The van der Waals surface area contributed by atoms with Gasteiger partial charge in [-0.15, -0.1) is 0 Å². The van der Waals surface area contributed by atoms with E-state index in [1.54, 1.807) is 0 Å². The molecule has 120 valence electrons. The van der Waals surface area contributed by atoms with Gasteiger partial charge in [0.2, 0.25) is 11.8 Å². The Morgan fingerprint density at radius 3 is 2.52 bits per heavy atom. The zero-order valence-corrected chi connectivity index (χ0v) is 13.1. The molecule has 3 amide bonds. The number of carbonyl (C=O) groups excluding carboxylic acids is 3. The molecule has 1 aliphatic heterocycles. The number of hydrogen-bond donors (Lipinski definition) is 2. The third-order valence-electron chi connectivity index (χ3n) is 3.28. The largest absolute Gasteiger partial charge is 0.370 e. The van der Waals surface area contributed by atoms with Gasteiger partial charge in [-0.2, -0.15) is 0 Å². The molecule has 1 rings (SSSR count). The maximum atomic E-state index is 12.0. The van der Waals surface area contributed by atoms with Gasteiger partial charge < -0.3 is 4.74 Å². The predicted octanol–water partition coefficient (Wildman–Crippen LogP) is 0.0633. The Bertz CT molecular complexity index is 396. The van der Waals surface area contributed by atoms with Crippen LogP contribution in [0.25, 0.3) is 0 Å². The van der Waals surface area contributed by atoms with E-state index in [1.807, 2.05) is 27.7 Å². The predicted molar refractivity (Wildman–Crippen MR) is 76.9 cm³/mol.